The number of nitrogens with zero attached hydrogens (tertiary/aromatic N) is 1. The molecule has 0 spiro atoms. The predicted octanol–water partition coefficient (Wildman–Crippen LogP) is 6.86. The molecule has 1 heterocycles. The molecule has 0 aliphatic carbocycles. The van der Waals surface area contributed by atoms with Crippen LogP contribution in [0.4, 0.5) is 0 Å². The van der Waals surface area contributed by atoms with Gasteiger partial charge in [0.25, 0.3) is 0 Å². The molecule has 4 aromatic carbocycles. The highest BCUT2D eigenvalue weighted by Crippen LogP contribution is 2.33. The van der Waals surface area contributed by atoms with Gasteiger partial charge in [-0.15, -0.1) is 0 Å². The second kappa shape index (κ2) is 11.2. The van der Waals surface area contributed by atoms with Crippen LogP contribution in [0, 0.1) is 0 Å². The zero-order valence-electron chi connectivity index (χ0n) is 21.0. The fourth-order valence-corrected chi connectivity index (χ4v) is 4.55. The molecule has 5 rings (SSSR count). The van der Waals surface area contributed by atoms with E-state index in [0.717, 1.165) is 17.9 Å². The largest absolute Gasteiger partial charge is 0.496 e. The van der Waals surface area contributed by atoms with Crippen molar-refractivity contribution in [2.45, 2.75) is 26.4 Å². The predicted molar refractivity (Wildman–Crippen MR) is 147 cm³/mol. The molecule has 0 fully saturated rings. The van der Waals surface area contributed by atoms with E-state index in [4.69, 9.17) is 9.84 Å². The molecule has 1 aromatic heterocycles. The Labute approximate surface area is 207 Å². The number of hydrogen-bond donors (Lipinski definition) is 2. The standard InChI is InChI=1S/C29H28N2O.C2H6O/c1-20(25-10-6-8-22-7-4-5-9-26(22)25)30-19-21-11-14-29(32-3)27(17-21)23-12-13-28-24(18-23)15-16-31(28)2;1-2-3/h4-18,20,30H,19H2,1-3H3;3H,2H2,1H3. The summed E-state index contributed by atoms with van der Waals surface area (Å²) in [4.78, 5) is 0. The van der Waals surface area contributed by atoms with Crippen molar-refractivity contribution in [3.63, 3.8) is 0 Å². The third-order valence-corrected chi connectivity index (χ3v) is 6.36. The maximum Gasteiger partial charge on any atom is 0.126 e. The van der Waals surface area contributed by atoms with Crippen LogP contribution in [0.2, 0.25) is 0 Å². The van der Waals surface area contributed by atoms with Crippen LogP contribution < -0.4 is 10.1 Å². The highest BCUT2D eigenvalue weighted by atomic mass is 16.5. The molecule has 0 amide bonds. The minimum absolute atomic E-state index is 0.243. The number of ether oxygens (including phenoxy) is 1. The summed E-state index contributed by atoms with van der Waals surface area (Å²) in [5.74, 6) is 0.895. The van der Waals surface area contributed by atoms with Gasteiger partial charge in [0.05, 0.1) is 7.11 Å². The Morgan fingerprint density at radius 3 is 2.49 bits per heavy atom. The first kappa shape index (κ1) is 24.5. The van der Waals surface area contributed by atoms with Crippen molar-refractivity contribution in [1.29, 1.82) is 0 Å². The van der Waals surface area contributed by atoms with Gasteiger partial charge in [0.15, 0.2) is 0 Å². The first-order valence-corrected chi connectivity index (χ1v) is 12.1. The Kier molecular flexibility index (Phi) is 7.86. The molecule has 2 N–H and O–H groups in total. The van der Waals surface area contributed by atoms with E-state index >= 15 is 0 Å². The molecule has 4 nitrogen and oxygen atoms in total. The van der Waals surface area contributed by atoms with E-state index in [1.165, 1.54) is 38.4 Å². The fourth-order valence-electron chi connectivity index (χ4n) is 4.55. The summed E-state index contributed by atoms with van der Waals surface area (Å²) in [6.45, 7) is 4.95. The van der Waals surface area contributed by atoms with Gasteiger partial charge < -0.3 is 19.7 Å². The van der Waals surface area contributed by atoms with Crippen LogP contribution in [0.3, 0.4) is 0 Å². The summed E-state index contributed by atoms with van der Waals surface area (Å²) in [6.07, 6.45) is 2.10. The van der Waals surface area contributed by atoms with Crippen LogP contribution in [0.25, 0.3) is 32.8 Å². The number of methoxy groups -OCH3 is 1. The molecule has 1 unspecified atom stereocenters. The SMILES string of the molecule is CCO.COc1ccc(CNC(C)c2cccc3ccccc23)cc1-c1ccc2c(ccn2C)c1. The van der Waals surface area contributed by atoms with E-state index in [2.05, 4.69) is 115 Å². The van der Waals surface area contributed by atoms with Crippen molar-refractivity contribution >= 4 is 21.7 Å². The molecule has 4 heteroatoms. The third kappa shape index (κ3) is 5.40. The molecule has 35 heavy (non-hydrogen) atoms. The van der Waals surface area contributed by atoms with Crippen molar-refractivity contribution in [3.05, 3.63) is 102 Å². The molecular formula is C31H34N2O2. The maximum atomic E-state index is 7.57. The fraction of sp³-hybridized carbons (Fsp3) is 0.226. The van der Waals surface area contributed by atoms with Gasteiger partial charge in [-0.2, -0.15) is 0 Å². The van der Waals surface area contributed by atoms with Crippen LogP contribution in [-0.2, 0) is 13.6 Å². The monoisotopic (exact) mass is 466 g/mol. The summed E-state index contributed by atoms with van der Waals surface area (Å²) in [5.41, 5.74) is 6.08. The van der Waals surface area contributed by atoms with E-state index in [-0.39, 0.29) is 12.6 Å². The molecule has 1 atom stereocenters. The molecule has 5 aromatic rings. The Morgan fingerprint density at radius 1 is 0.914 bits per heavy atom. The number of benzene rings is 4. The van der Waals surface area contributed by atoms with Gasteiger partial charge in [-0.05, 0) is 71.6 Å². The third-order valence-electron chi connectivity index (χ3n) is 6.36. The highest BCUT2D eigenvalue weighted by Gasteiger charge is 2.12. The minimum Gasteiger partial charge on any atom is -0.496 e. The highest BCUT2D eigenvalue weighted by molar-refractivity contribution is 5.87. The van der Waals surface area contributed by atoms with Crippen molar-refractivity contribution in [3.8, 4) is 16.9 Å². The van der Waals surface area contributed by atoms with Crippen molar-refractivity contribution in [1.82, 2.24) is 9.88 Å². The van der Waals surface area contributed by atoms with Crippen LogP contribution in [0.15, 0.2) is 91.1 Å². The van der Waals surface area contributed by atoms with Gasteiger partial charge in [-0.25, -0.2) is 0 Å². The molecule has 0 radical (unpaired) electrons. The van der Waals surface area contributed by atoms with Gasteiger partial charge in [-0.3, -0.25) is 0 Å². The van der Waals surface area contributed by atoms with Gasteiger partial charge >= 0.3 is 0 Å². The average Bonchev–Trinajstić information content (AvgIpc) is 3.27. The van der Waals surface area contributed by atoms with Crippen molar-refractivity contribution < 1.29 is 9.84 Å². The second-order valence-electron chi connectivity index (χ2n) is 8.72. The number of fused-ring (bicyclic) bond motifs is 2. The molecule has 0 aliphatic heterocycles. The average molecular weight is 467 g/mol. The van der Waals surface area contributed by atoms with E-state index < -0.39 is 0 Å². The van der Waals surface area contributed by atoms with Crippen molar-refractivity contribution in [2.75, 3.05) is 13.7 Å². The van der Waals surface area contributed by atoms with E-state index in [1.807, 2.05) is 0 Å². The number of hydrogen-bond acceptors (Lipinski definition) is 3. The van der Waals surface area contributed by atoms with Gasteiger partial charge in [0.1, 0.15) is 5.75 Å². The summed E-state index contributed by atoms with van der Waals surface area (Å²) in [7, 11) is 3.81. The molecule has 0 aliphatic rings. The molecule has 0 bridgehead atoms. The summed E-state index contributed by atoms with van der Waals surface area (Å²) >= 11 is 0. The first-order chi connectivity index (χ1) is 17.0. The van der Waals surface area contributed by atoms with Gasteiger partial charge in [-0.1, -0.05) is 54.6 Å². The Morgan fingerprint density at radius 2 is 1.69 bits per heavy atom. The number of nitrogens with one attached hydrogen (secondary N) is 1. The van der Waals surface area contributed by atoms with E-state index in [1.54, 1.807) is 14.0 Å². The molecule has 0 saturated heterocycles. The van der Waals surface area contributed by atoms with Crippen LogP contribution in [-0.4, -0.2) is 23.4 Å². The number of rotatable bonds is 6. The maximum absolute atomic E-state index is 7.57. The second-order valence-corrected chi connectivity index (χ2v) is 8.72. The summed E-state index contributed by atoms with van der Waals surface area (Å²) in [5, 5.41) is 15.1. The number of aliphatic hydroxyl groups excluding tert-OH is 1. The Bertz CT molecular complexity index is 1420. The lowest BCUT2D eigenvalue weighted by atomic mass is 9.98. The summed E-state index contributed by atoms with van der Waals surface area (Å²) < 4.78 is 7.83. The number of aliphatic hydroxyl groups is 1. The first-order valence-electron chi connectivity index (χ1n) is 12.1. The smallest absolute Gasteiger partial charge is 0.126 e. The van der Waals surface area contributed by atoms with Crippen LogP contribution in [0.5, 0.6) is 5.75 Å². The van der Waals surface area contributed by atoms with Gasteiger partial charge in [0, 0.05) is 48.9 Å². The van der Waals surface area contributed by atoms with Gasteiger partial charge in [0.2, 0.25) is 0 Å². The van der Waals surface area contributed by atoms with E-state index in [0.29, 0.717) is 0 Å². The van der Waals surface area contributed by atoms with Crippen molar-refractivity contribution in [2.24, 2.45) is 7.05 Å². The lowest BCUT2D eigenvalue weighted by molar-refractivity contribution is 0.318. The zero-order chi connectivity index (χ0) is 24.8. The number of aryl methyl sites for hydroxylation is 1. The van der Waals surface area contributed by atoms with Crippen LogP contribution in [0.1, 0.15) is 31.0 Å². The lowest BCUT2D eigenvalue weighted by Crippen LogP contribution is -2.18. The number of aromatic nitrogens is 1. The molecular weight excluding hydrogens is 432 g/mol. The quantitative estimate of drug-likeness (QED) is 0.287. The molecule has 180 valence electrons. The Balaban J connectivity index is 0.000000917. The minimum atomic E-state index is 0.243. The normalized spacial score (nSPS) is 11.8. The zero-order valence-corrected chi connectivity index (χ0v) is 21.0. The topological polar surface area (TPSA) is 46.4 Å². The Hall–Kier alpha value is -3.60. The summed E-state index contributed by atoms with van der Waals surface area (Å²) in [6, 6.07) is 30.6. The molecule has 0 saturated carbocycles. The van der Waals surface area contributed by atoms with Crippen LogP contribution >= 0.6 is 0 Å². The van der Waals surface area contributed by atoms with E-state index in [9.17, 15) is 0 Å². The lowest BCUT2D eigenvalue weighted by Gasteiger charge is -2.18.